The minimum atomic E-state index is 0.0109. The number of hydrogen-bond donors (Lipinski definition) is 1. The fourth-order valence-corrected chi connectivity index (χ4v) is 3.32. The van der Waals surface area contributed by atoms with Crippen molar-refractivity contribution in [1.82, 2.24) is 20.0 Å². The lowest BCUT2D eigenvalue weighted by Crippen LogP contribution is -2.55. The van der Waals surface area contributed by atoms with E-state index in [2.05, 4.69) is 15.4 Å². The molecule has 0 atom stereocenters. The normalized spacial score (nSPS) is 15.5. The van der Waals surface area contributed by atoms with Crippen LogP contribution in [0.5, 0.6) is 0 Å². The van der Waals surface area contributed by atoms with Crippen LogP contribution in [0.25, 0.3) is 0 Å². The van der Waals surface area contributed by atoms with Gasteiger partial charge in [-0.15, -0.1) is 0 Å². The largest absolute Gasteiger partial charge is 0.352 e. The SMILES string of the molecule is CN=C(NCc1ccc(Cl)cc1Cl)N1CCN(c2cnn(C)c2)C(=O)C1. The summed E-state index contributed by atoms with van der Waals surface area (Å²) in [6, 6.07) is 5.37. The van der Waals surface area contributed by atoms with E-state index in [-0.39, 0.29) is 12.5 Å². The highest BCUT2D eigenvalue weighted by atomic mass is 35.5. The van der Waals surface area contributed by atoms with Crippen LogP contribution in [0.3, 0.4) is 0 Å². The molecule has 1 aromatic heterocycles. The molecule has 1 aromatic carbocycles. The number of nitrogens with zero attached hydrogens (tertiary/aromatic N) is 5. The van der Waals surface area contributed by atoms with Crippen LogP contribution >= 0.6 is 23.2 Å². The van der Waals surface area contributed by atoms with E-state index in [9.17, 15) is 4.79 Å². The first-order valence-electron chi connectivity index (χ1n) is 8.16. The molecule has 138 valence electrons. The van der Waals surface area contributed by atoms with E-state index in [4.69, 9.17) is 23.2 Å². The van der Waals surface area contributed by atoms with E-state index < -0.39 is 0 Å². The number of hydrogen-bond acceptors (Lipinski definition) is 3. The van der Waals surface area contributed by atoms with Crippen molar-refractivity contribution in [3.05, 3.63) is 46.2 Å². The van der Waals surface area contributed by atoms with Gasteiger partial charge in [0.05, 0.1) is 11.9 Å². The van der Waals surface area contributed by atoms with E-state index in [1.165, 1.54) is 0 Å². The molecule has 26 heavy (non-hydrogen) atoms. The zero-order chi connectivity index (χ0) is 18.7. The number of aryl methyl sites for hydroxylation is 1. The van der Waals surface area contributed by atoms with Gasteiger partial charge in [-0.05, 0) is 17.7 Å². The van der Waals surface area contributed by atoms with Crippen LogP contribution < -0.4 is 10.2 Å². The third-order valence-electron chi connectivity index (χ3n) is 4.19. The van der Waals surface area contributed by atoms with Gasteiger partial charge in [0.25, 0.3) is 0 Å². The van der Waals surface area contributed by atoms with E-state index in [1.54, 1.807) is 35.0 Å². The maximum absolute atomic E-state index is 12.5. The molecule has 0 radical (unpaired) electrons. The second-order valence-electron chi connectivity index (χ2n) is 5.98. The van der Waals surface area contributed by atoms with Gasteiger partial charge in [-0.25, -0.2) is 0 Å². The molecule has 7 nitrogen and oxygen atoms in total. The number of amides is 1. The number of benzene rings is 1. The second kappa shape index (κ2) is 7.97. The number of halogens is 2. The third kappa shape index (κ3) is 4.11. The molecule has 0 saturated carbocycles. The maximum atomic E-state index is 12.5. The van der Waals surface area contributed by atoms with Crippen LogP contribution in [0.2, 0.25) is 10.0 Å². The van der Waals surface area contributed by atoms with Gasteiger partial charge in [0.1, 0.15) is 6.54 Å². The molecule has 1 fully saturated rings. The van der Waals surface area contributed by atoms with Crippen molar-refractivity contribution in [3.63, 3.8) is 0 Å². The zero-order valence-corrected chi connectivity index (χ0v) is 16.1. The Bertz CT molecular complexity index is 834. The Morgan fingerprint density at radius 3 is 2.77 bits per heavy atom. The molecule has 1 saturated heterocycles. The Kier molecular flexibility index (Phi) is 5.68. The summed E-state index contributed by atoms with van der Waals surface area (Å²) >= 11 is 12.1. The number of piperazine rings is 1. The molecule has 1 aliphatic heterocycles. The van der Waals surface area contributed by atoms with Crippen molar-refractivity contribution in [2.24, 2.45) is 12.0 Å². The first kappa shape index (κ1) is 18.5. The predicted molar refractivity (Wildman–Crippen MR) is 104 cm³/mol. The first-order valence-corrected chi connectivity index (χ1v) is 8.92. The second-order valence-corrected chi connectivity index (χ2v) is 6.82. The van der Waals surface area contributed by atoms with E-state index in [0.29, 0.717) is 35.6 Å². The van der Waals surface area contributed by atoms with E-state index in [0.717, 1.165) is 11.3 Å². The van der Waals surface area contributed by atoms with Crippen molar-refractivity contribution in [2.75, 3.05) is 31.6 Å². The van der Waals surface area contributed by atoms with Gasteiger partial charge in [-0.2, -0.15) is 5.10 Å². The fraction of sp³-hybridized carbons (Fsp3) is 0.353. The molecule has 2 heterocycles. The molecule has 9 heteroatoms. The zero-order valence-electron chi connectivity index (χ0n) is 14.6. The number of aliphatic imine (C=N–C) groups is 1. The highest BCUT2D eigenvalue weighted by Gasteiger charge is 2.27. The Hall–Kier alpha value is -2.25. The molecule has 1 amide bonds. The Labute approximate surface area is 162 Å². The molecule has 2 aromatic rings. The maximum Gasteiger partial charge on any atom is 0.246 e. The summed E-state index contributed by atoms with van der Waals surface area (Å²) in [7, 11) is 3.53. The number of nitrogens with one attached hydrogen (secondary N) is 1. The van der Waals surface area contributed by atoms with Gasteiger partial charge in [0, 0.05) is 50.0 Å². The van der Waals surface area contributed by atoms with Gasteiger partial charge in [0.15, 0.2) is 5.96 Å². The number of carbonyl (C=O) groups excluding carboxylic acids is 1. The minimum Gasteiger partial charge on any atom is -0.352 e. The average Bonchev–Trinajstić information content (AvgIpc) is 3.03. The van der Waals surface area contributed by atoms with Crippen LogP contribution in [-0.4, -0.2) is 53.2 Å². The lowest BCUT2D eigenvalue weighted by molar-refractivity contribution is -0.120. The Morgan fingerprint density at radius 2 is 2.15 bits per heavy atom. The Morgan fingerprint density at radius 1 is 1.35 bits per heavy atom. The fourth-order valence-electron chi connectivity index (χ4n) is 2.85. The molecule has 1 aliphatic rings. The smallest absolute Gasteiger partial charge is 0.246 e. The number of rotatable bonds is 3. The summed E-state index contributed by atoms with van der Waals surface area (Å²) in [6.45, 7) is 2.00. The molecule has 1 N–H and O–H groups in total. The van der Waals surface area contributed by atoms with Crippen molar-refractivity contribution in [3.8, 4) is 0 Å². The molecule has 0 unspecified atom stereocenters. The monoisotopic (exact) mass is 394 g/mol. The summed E-state index contributed by atoms with van der Waals surface area (Å²) in [6.07, 6.45) is 3.53. The number of guanidine groups is 1. The highest BCUT2D eigenvalue weighted by molar-refractivity contribution is 6.35. The minimum absolute atomic E-state index is 0.0109. The van der Waals surface area contributed by atoms with Crippen LogP contribution in [0.15, 0.2) is 35.6 Å². The van der Waals surface area contributed by atoms with Crippen LogP contribution in [0, 0.1) is 0 Å². The summed E-state index contributed by atoms with van der Waals surface area (Å²) in [4.78, 5) is 20.5. The predicted octanol–water partition coefficient (Wildman–Crippen LogP) is 2.15. The Balaban J connectivity index is 1.62. The van der Waals surface area contributed by atoms with Crippen molar-refractivity contribution in [2.45, 2.75) is 6.54 Å². The van der Waals surface area contributed by atoms with Crippen LogP contribution in [0.4, 0.5) is 5.69 Å². The van der Waals surface area contributed by atoms with Crippen molar-refractivity contribution >= 4 is 40.8 Å². The third-order valence-corrected chi connectivity index (χ3v) is 4.77. The molecule has 0 aliphatic carbocycles. The summed E-state index contributed by atoms with van der Waals surface area (Å²) in [5.74, 6) is 0.673. The van der Waals surface area contributed by atoms with Gasteiger partial charge in [-0.3, -0.25) is 14.5 Å². The number of aromatic nitrogens is 2. The van der Waals surface area contributed by atoms with Gasteiger partial charge >= 0.3 is 0 Å². The van der Waals surface area contributed by atoms with Crippen LogP contribution in [0.1, 0.15) is 5.56 Å². The quantitative estimate of drug-likeness (QED) is 0.639. The molecule has 0 bridgehead atoms. The van der Waals surface area contributed by atoms with Crippen molar-refractivity contribution < 1.29 is 4.79 Å². The summed E-state index contributed by atoms with van der Waals surface area (Å²) < 4.78 is 1.69. The van der Waals surface area contributed by atoms with Crippen molar-refractivity contribution in [1.29, 1.82) is 0 Å². The number of carbonyl (C=O) groups is 1. The molecule has 0 spiro atoms. The van der Waals surface area contributed by atoms with Gasteiger partial charge < -0.3 is 15.1 Å². The average molecular weight is 395 g/mol. The van der Waals surface area contributed by atoms with Gasteiger partial charge in [-0.1, -0.05) is 29.3 Å². The summed E-state index contributed by atoms with van der Waals surface area (Å²) in [5, 5.41) is 8.57. The lowest BCUT2D eigenvalue weighted by atomic mass is 10.2. The van der Waals surface area contributed by atoms with E-state index >= 15 is 0 Å². The first-order chi connectivity index (χ1) is 12.5. The highest BCUT2D eigenvalue weighted by Crippen LogP contribution is 2.21. The number of anilines is 1. The molecular formula is C17H20Cl2N6O. The lowest BCUT2D eigenvalue weighted by Gasteiger charge is -2.35. The van der Waals surface area contributed by atoms with Crippen LogP contribution in [-0.2, 0) is 18.4 Å². The molecular weight excluding hydrogens is 375 g/mol. The standard InChI is InChI=1S/C17H20Cl2N6O/c1-20-17(21-8-12-3-4-13(18)7-15(12)19)24-5-6-25(16(26)11-24)14-9-22-23(2)10-14/h3-4,7,9-10H,5-6,8,11H2,1-2H3,(H,20,21). The van der Waals surface area contributed by atoms with E-state index in [1.807, 2.05) is 24.2 Å². The summed E-state index contributed by atoms with van der Waals surface area (Å²) in [5.41, 5.74) is 1.73. The topological polar surface area (TPSA) is 65.8 Å². The molecule has 3 rings (SSSR count). The van der Waals surface area contributed by atoms with Gasteiger partial charge in [0.2, 0.25) is 5.91 Å².